The van der Waals surface area contributed by atoms with E-state index in [1.807, 2.05) is 0 Å². The summed E-state index contributed by atoms with van der Waals surface area (Å²) in [5.41, 5.74) is 0.949. The summed E-state index contributed by atoms with van der Waals surface area (Å²) < 4.78 is 10.2. The van der Waals surface area contributed by atoms with Crippen molar-refractivity contribution in [1.29, 1.82) is 0 Å². The van der Waals surface area contributed by atoms with Crippen LogP contribution in [0.4, 0.5) is 0 Å². The van der Waals surface area contributed by atoms with E-state index in [4.69, 9.17) is 9.47 Å². The fourth-order valence-corrected chi connectivity index (χ4v) is 2.57. The molecule has 1 aliphatic carbocycles. The van der Waals surface area contributed by atoms with E-state index < -0.39 is 11.9 Å². The molecule has 0 aromatic heterocycles. The lowest BCUT2D eigenvalue weighted by atomic mass is 9.82. The monoisotopic (exact) mass is 310 g/mol. The van der Waals surface area contributed by atoms with E-state index in [0.29, 0.717) is 41.6 Å². The summed E-state index contributed by atoms with van der Waals surface area (Å²) in [6, 6.07) is 0. The molecule has 1 rings (SSSR count). The van der Waals surface area contributed by atoms with Crippen LogP contribution in [-0.2, 0) is 19.1 Å². The Morgan fingerprint density at radius 1 is 1.00 bits per heavy atom. The molecule has 0 heterocycles. The summed E-state index contributed by atoms with van der Waals surface area (Å²) in [5.74, 6) is -0.182. The first-order valence-electron chi connectivity index (χ1n) is 7.39. The second kappa shape index (κ2) is 7.31. The van der Waals surface area contributed by atoms with Crippen LogP contribution < -0.4 is 0 Å². The number of rotatable bonds is 7. The van der Waals surface area contributed by atoms with E-state index >= 15 is 0 Å². The SMILES string of the molecule is COC(CC(C)(O)CCC1=C(C)C(=O)C(C)=C(C)C1=O)OC. The highest BCUT2D eigenvalue weighted by atomic mass is 16.7. The Labute approximate surface area is 132 Å². The third kappa shape index (κ3) is 4.12. The number of allylic oxidation sites excluding steroid dienone is 4. The van der Waals surface area contributed by atoms with Gasteiger partial charge < -0.3 is 14.6 Å². The lowest BCUT2D eigenvalue weighted by Crippen LogP contribution is -2.32. The van der Waals surface area contributed by atoms with Gasteiger partial charge in [0.2, 0.25) is 0 Å². The van der Waals surface area contributed by atoms with Crippen molar-refractivity contribution in [1.82, 2.24) is 0 Å². The van der Waals surface area contributed by atoms with Gasteiger partial charge in [-0.3, -0.25) is 9.59 Å². The zero-order chi connectivity index (χ0) is 17.1. The van der Waals surface area contributed by atoms with Crippen LogP contribution in [0.25, 0.3) is 0 Å². The van der Waals surface area contributed by atoms with Crippen LogP contribution in [0.5, 0.6) is 0 Å². The maximum absolute atomic E-state index is 12.3. The fraction of sp³-hybridized carbons (Fsp3) is 0.647. The zero-order valence-electron chi connectivity index (χ0n) is 14.3. The summed E-state index contributed by atoms with van der Waals surface area (Å²) in [7, 11) is 3.02. The predicted molar refractivity (Wildman–Crippen MR) is 83.4 cm³/mol. The van der Waals surface area contributed by atoms with Gasteiger partial charge in [-0.2, -0.15) is 0 Å². The second-order valence-corrected chi connectivity index (χ2v) is 6.11. The fourth-order valence-electron chi connectivity index (χ4n) is 2.57. The van der Waals surface area contributed by atoms with Crippen molar-refractivity contribution >= 4 is 11.6 Å². The van der Waals surface area contributed by atoms with Gasteiger partial charge in [0.25, 0.3) is 0 Å². The highest BCUT2D eigenvalue weighted by Gasteiger charge is 2.31. The summed E-state index contributed by atoms with van der Waals surface area (Å²) >= 11 is 0. The van der Waals surface area contributed by atoms with Crippen LogP contribution in [-0.4, -0.2) is 42.8 Å². The Bertz CT molecular complexity index is 521. The predicted octanol–water partition coefficient (Wildman–Crippen LogP) is 2.33. The summed E-state index contributed by atoms with van der Waals surface area (Å²) in [6.07, 6.45) is 0.503. The minimum Gasteiger partial charge on any atom is -0.390 e. The molecule has 0 bridgehead atoms. The Morgan fingerprint density at radius 2 is 1.50 bits per heavy atom. The maximum Gasteiger partial charge on any atom is 0.185 e. The van der Waals surface area contributed by atoms with E-state index in [1.54, 1.807) is 27.7 Å². The molecule has 0 fully saturated rings. The molecule has 5 nitrogen and oxygen atoms in total. The maximum atomic E-state index is 12.3. The normalized spacial score (nSPS) is 19.3. The number of aliphatic hydroxyl groups is 1. The number of ketones is 2. The number of hydrogen-bond acceptors (Lipinski definition) is 5. The molecule has 1 N–H and O–H groups in total. The topological polar surface area (TPSA) is 72.8 Å². The second-order valence-electron chi connectivity index (χ2n) is 6.11. The van der Waals surface area contributed by atoms with Crippen LogP contribution in [0.1, 0.15) is 47.0 Å². The van der Waals surface area contributed by atoms with Gasteiger partial charge in [-0.05, 0) is 40.5 Å². The number of ether oxygens (including phenoxy) is 2. The Hall–Kier alpha value is -1.30. The van der Waals surface area contributed by atoms with Crippen molar-refractivity contribution in [2.75, 3.05) is 14.2 Å². The Kier molecular flexibility index (Phi) is 6.23. The van der Waals surface area contributed by atoms with Crippen molar-refractivity contribution in [2.24, 2.45) is 0 Å². The van der Waals surface area contributed by atoms with E-state index in [0.717, 1.165) is 0 Å². The first-order chi connectivity index (χ1) is 10.1. The van der Waals surface area contributed by atoms with Crippen molar-refractivity contribution in [3.8, 4) is 0 Å². The summed E-state index contributed by atoms with van der Waals surface area (Å²) in [6.45, 7) is 6.70. The minimum absolute atomic E-state index is 0.0848. The summed E-state index contributed by atoms with van der Waals surface area (Å²) in [4.78, 5) is 24.5. The average molecular weight is 310 g/mol. The smallest absolute Gasteiger partial charge is 0.185 e. The van der Waals surface area contributed by atoms with Crippen molar-refractivity contribution < 1.29 is 24.2 Å². The molecular formula is C17H26O5. The van der Waals surface area contributed by atoms with E-state index in [1.165, 1.54) is 14.2 Å². The van der Waals surface area contributed by atoms with E-state index in [9.17, 15) is 14.7 Å². The molecular weight excluding hydrogens is 284 g/mol. The molecule has 1 atom stereocenters. The van der Waals surface area contributed by atoms with Crippen molar-refractivity contribution in [2.45, 2.75) is 58.8 Å². The molecule has 124 valence electrons. The van der Waals surface area contributed by atoms with Crippen LogP contribution in [0, 0.1) is 0 Å². The molecule has 0 saturated carbocycles. The van der Waals surface area contributed by atoms with Crippen LogP contribution in [0.15, 0.2) is 22.3 Å². The average Bonchev–Trinajstić information content (AvgIpc) is 2.48. The molecule has 0 aliphatic heterocycles. The molecule has 1 unspecified atom stereocenters. The first kappa shape index (κ1) is 18.7. The third-order valence-electron chi connectivity index (χ3n) is 4.36. The first-order valence-corrected chi connectivity index (χ1v) is 7.39. The number of carbonyl (C=O) groups excluding carboxylic acids is 2. The van der Waals surface area contributed by atoms with Crippen molar-refractivity contribution in [3.63, 3.8) is 0 Å². The van der Waals surface area contributed by atoms with E-state index in [-0.39, 0.29) is 11.6 Å². The number of Topliss-reactive ketones (excluding diaryl/α,β-unsaturated/α-hetero) is 2. The van der Waals surface area contributed by atoms with Gasteiger partial charge in [0.1, 0.15) is 0 Å². The largest absolute Gasteiger partial charge is 0.390 e. The quantitative estimate of drug-likeness (QED) is 0.577. The van der Waals surface area contributed by atoms with Gasteiger partial charge in [-0.25, -0.2) is 0 Å². The Morgan fingerprint density at radius 3 is 2.00 bits per heavy atom. The Balaban J connectivity index is 2.83. The number of hydrogen-bond donors (Lipinski definition) is 1. The molecule has 0 aromatic rings. The molecule has 0 amide bonds. The molecule has 0 radical (unpaired) electrons. The van der Waals surface area contributed by atoms with Gasteiger partial charge in [0, 0.05) is 42.9 Å². The van der Waals surface area contributed by atoms with Crippen LogP contribution in [0.3, 0.4) is 0 Å². The highest BCUT2D eigenvalue weighted by Crippen LogP contribution is 2.30. The minimum atomic E-state index is -1.04. The van der Waals surface area contributed by atoms with E-state index in [2.05, 4.69) is 0 Å². The van der Waals surface area contributed by atoms with Crippen LogP contribution in [0.2, 0.25) is 0 Å². The van der Waals surface area contributed by atoms with Gasteiger partial charge in [-0.1, -0.05) is 0 Å². The standard InChI is InChI=1S/C17H26O5/c1-10-11(2)16(19)13(12(3)15(10)18)7-8-17(4,20)9-14(21-5)22-6/h14,20H,7-9H2,1-6H3. The van der Waals surface area contributed by atoms with Crippen LogP contribution >= 0.6 is 0 Å². The van der Waals surface area contributed by atoms with Gasteiger partial charge in [0.15, 0.2) is 17.9 Å². The highest BCUT2D eigenvalue weighted by molar-refractivity contribution is 6.24. The summed E-state index contributed by atoms with van der Waals surface area (Å²) in [5, 5.41) is 10.4. The molecule has 22 heavy (non-hydrogen) atoms. The number of methoxy groups -OCH3 is 2. The van der Waals surface area contributed by atoms with Gasteiger partial charge in [0.05, 0.1) is 5.60 Å². The number of carbonyl (C=O) groups is 2. The molecule has 0 aromatic carbocycles. The van der Waals surface area contributed by atoms with Crippen molar-refractivity contribution in [3.05, 3.63) is 22.3 Å². The molecule has 0 saturated heterocycles. The lowest BCUT2D eigenvalue weighted by molar-refractivity contribution is -0.141. The zero-order valence-corrected chi connectivity index (χ0v) is 14.3. The van der Waals surface area contributed by atoms with Gasteiger partial charge in [-0.15, -0.1) is 0 Å². The van der Waals surface area contributed by atoms with Gasteiger partial charge >= 0.3 is 0 Å². The third-order valence-corrected chi connectivity index (χ3v) is 4.36. The molecule has 5 heteroatoms. The molecule has 0 spiro atoms. The lowest BCUT2D eigenvalue weighted by Gasteiger charge is -2.28. The molecule has 1 aliphatic rings.